The van der Waals surface area contributed by atoms with E-state index in [9.17, 15) is 8.78 Å². The van der Waals surface area contributed by atoms with Crippen molar-refractivity contribution in [1.82, 2.24) is 5.32 Å². The van der Waals surface area contributed by atoms with Crippen LogP contribution in [-0.2, 0) is 0 Å². The van der Waals surface area contributed by atoms with E-state index < -0.39 is 11.6 Å². The van der Waals surface area contributed by atoms with Crippen LogP contribution in [-0.4, -0.2) is 7.05 Å². The highest BCUT2D eigenvalue weighted by atomic mass is 79.9. The van der Waals surface area contributed by atoms with E-state index in [4.69, 9.17) is 4.74 Å². The van der Waals surface area contributed by atoms with Crippen LogP contribution in [0.15, 0.2) is 39.3 Å². The molecule has 0 saturated carbocycles. The molecular formula is C15H13Br2F2NO. The van der Waals surface area contributed by atoms with Gasteiger partial charge in [0.2, 0.25) is 5.82 Å². The number of hydrogen-bond acceptors (Lipinski definition) is 2. The number of hydrogen-bond donors (Lipinski definition) is 1. The third-order valence-corrected chi connectivity index (χ3v) is 4.20. The first-order valence-electron chi connectivity index (χ1n) is 6.21. The zero-order valence-corrected chi connectivity index (χ0v) is 14.6. The molecule has 112 valence electrons. The van der Waals surface area contributed by atoms with Crippen molar-refractivity contribution < 1.29 is 13.5 Å². The van der Waals surface area contributed by atoms with Gasteiger partial charge in [0.1, 0.15) is 5.75 Å². The number of ether oxygens (including phenoxy) is 1. The highest BCUT2D eigenvalue weighted by Gasteiger charge is 2.14. The first-order chi connectivity index (χ1) is 9.92. The molecule has 0 aromatic heterocycles. The van der Waals surface area contributed by atoms with Gasteiger partial charge >= 0.3 is 0 Å². The van der Waals surface area contributed by atoms with Gasteiger partial charge < -0.3 is 10.1 Å². The number of nitrogens with one attached hydrogen (secondary N) is 1. The second-order valence-corrected chi connectivity index (χ2v) is 6.27. The Hall–Kier alpha value is -0.980. The van der Waals surface area contributed by atoms with Gasteiger partial charge in [0.15, 0.2) is 11.6 Å². The molecule has 21 heavy (non-hydrogen) atoms. The molecule has 0 saturated heterocycles. The van der Waals surface area contributed by atoms with Crippen molar-refractivity contribution in [2.45, 2.75) is 13.0 Å². The minimum absolute atomic E-state index is 0.161. The normalized spacial score (nSPS) is 12.3. The van der Waals surface area contributed by atoms with E-state index in [0.717, 1.165) is 16.1 Å². The summed E-state index contributed by atoms with van der Waals surface area (Å²) < 4.78 is 33.7. The molecule has 1 N–H and O–H groups in total. The van der Waals surface area contributed by atoms with E-state index >= 15 is 0 Å². The van der Waals surface area contributed by atoms with Crippen LogP contribution in [0, 0.1) is 11.6 Å². The molecule has 0 aliphatic heterocycles. The van der Waals surface area contributed by atoms with E-state index in [1.165, 1.54) is 6.07 Å². The molecule has 2 rings (SSSR count). The van der Waals surface area contributed by atoms with Crippen LogP contribution in [0.1, 0.15) is 18.5 Å². The molecule has 6 heteroatoms. The summed E-state index contributed by atoms with van der Waals surface area (Å²) in [4.78, 5) is 0. The number of rotatable bonds is 4. The van der Waals surface area contributed by atoms with E-state index in [1.807, 2.05) is 20.0 Å². The average molecular weight is 421 g/mol. The van der Waals surface area contributed by atoms with Gasteiger partial charge in [0.25, 0.3) is 0 Å². The Morgan fingerprint density at radius 3 is 2.48 bits per heavy atom. The van der Waals surface area contributed by atoms with Gasteiger partial charge in [0.05, 0.1) is 0 Å². The molecule has 0 aliphatic carbocycles. The molecule has 0 bridgehead atoms. The Bertz CT molecular complexity index is 664. The Morgan fingerprint density at radius 2 is 1.86 bits per heavy atom. The summed E-state index contributed by atoms with van der Waals surface area (Å²) in [5.41, 5.74) is 1.05. The van der Waals surface area contributed by atoms with E-state index in [2.05, 4.69) is 37.2 Å². The van der Waals surface area contributed by atoms with Crippen molar-refractivity contribution in [3.63, 3.8) is 0 Å². The van der Waals surface area contributed by atoms with Crippen molar-refractivity contribution in [2.24, 2.45) is 0 Å². The van der Waals surface area contributed by atoms with Crippen LogP contribution in [0.5, 0.6) is 11.5 Å². The van der Waals surface area contributed by atoms with Crippen LogP contribution < -0.4 is 10.1 Å². The molecule has 0 aliphatic rings. The third-order valence-electron chi connectivity index (χ3n) is 3.06. The zero-order chi connectivity index (χ0) is 15.6. The van der Waals surface area contributed by atoms with Gasteiger partial charge in [-0.3, -0.25) is 0 Å². The molecule has 0 heterocycles. The quantitative estimate of drug-likeness (QED) is 0.653. The maximum atomic E-state index is 13.7. The molecule has 0 radical (unpaired) electrons. The summed E-state index contributed by atoms with van der Waals surface area (Å²) in [5.74, 6) is -1.71. The summed E-state index contributed by atoms with van der Waals surface area (Å²) in [6, 6.07) is 7.90. The lowest BCUT2D eigenvalue weighted by Gasteiger charge is -2.14. The van der Waals surface area contributed by atoms with Crippen molar-refractivity contribution in [1.29, 1.82) is 0 Å². The van der Waals surface area contributed by atoms with E-state index in [1.54, 1.807) is 12.1 Å². The molecule has 2 nitrogen and oxygen atoms in total. The molecule has 0 spiro atoms. The van der Waals surface area contributed by atoms with Crippen molar-refractivity contribution in [3.8, 4) is 11.5 Å². The summed E-state index contributed by atoms with van der Waals surface area (Å²) >= 11 is 6.56. The van der Waals surface area contributed by atoms with Crippen molar-refractivity contribution >= 4 is 31.9 Å². The molecule has 0 amide bonds. The lowest BCUT2D eigenvalue weighted by atomic mass is 10.1. The standard InChI is InChI=1S/C15H13Br2F2NO/c1-8(20-2)11-4-3-10(7-12(11)17)21-14-6-9(16)5-13(18)15(14)19/h3-8,20H,1-2H3. The predicted molar refractivity (Wildman–Crippen MR) is 85.7 cm³/mol. The summed E-state index contributed by atoms with van der Waals surface area (Å²) in [6.45, 7) is 2.02. The largest absolute Gasteiger partial charge is 0.454 e. The van der Waals surface area contributed by atoms with Gasteiger partial charge in [-0.15, -0.1) is 0 Å². The second kappa shape index (κ2) is 6.85. The topological polar surface area (TPSA) is 21.3 Å². The third kappa shape index (κ3) is 3.81. The smallest absolute Gasteiger partial charge is 0.201 e. The van der Waals surface area contributed by atoms with E-state index in [-0.39, 0.29) is 11.8 Å². The van der Waals surface area contributed by atoms with Gasteiger partial charge in [-0.1, -0.05) is 37.9 Å². The number of halogens is 4. The lowest BCUT2D eigenvalue weighted by molar-refractivity contribution is 0.415. The summed E-state index contributed by atoms with van der Waals surface area (Å²) in [7, 11) is 1.86. The molecule has 0 fully saturated rings. The van der Waals surface area contributed by atoms with Crippen LogP contribution in [0.3, 0.4) is 0 Å². The van der Waals surface area contributed by atoms with Crippen LogP contribution in [0.2, 0.25) is 0 Å². The van der Waals surface area contributed by atoms with Gasteiger partial charge in [-0.05, 0) is 43.8 Å². The first-order valence-corrected chi connectivity index (χ1v) is 7.80. The van der Waals surface area contributed by atoms with Gasteiger partial charge in [-0.2, -0.15) is 4.39 Å². The molecular weight excluding hydrogens is 408 g/mol. The number of benzene rings is 2. The average Bonchev–Trinajstić information content (AvgIpc) is 2.43. The Labute approximate surface area is 138 Å². The summed E-state index contributed by atoms with van der Waals surface area (Å²) in [5, 5.41) is 3.13. The summed E-state index contributed by atoms with van der Waals surface area (Å²) in [6.07, 6.45) is 0. The lowest BCUT2D eigenvalue weighted by Crippen LogP contribution is -2.12. The van der Waals surface area contributed by atoms with Crippen molar-refractivity contribution in [3.05, 3.63) is 56.5 Å². The molecule has 1 atom stereocenters. The Kier molecular flexibility index (Phi) is 5.35. The monoisotopic (exact) mass is 419 g/mol. The van der Waals surface area contributed by atoms with Crippen LogP contribution in [0.4, 0.5) is 8.78 Å². The maximum Gasteiger partial charge on any atom is 0.201 e. The highest BCUT2D eigenvalue weighted by Crippen LogP contribution is 2.33. The molecule has 2 aromatic rings. The minimum atomic E-state index is -1.01. The predicted octanol–water partition coefficient (Wildman–Crippen LogP) is 5.56. The van der Waals surface area contributed by atoms with E-state index in [0.29, 0.717) is 10.2 Å². The van der Waals surface area contributed by atoms with Crippen LogP contribution >= 0.6 is 31.9 Å². The second-order valence-electron chi connectivity index (χ2n) is 4.50. The zero-order valence-electron chi connectivity index (χ0n) is 11.4. The Morgan fingerprint density at radius 1 is 1.14 bits per heavy atom. The molecule has 2 aromatic carbocycles. The maximum absolute atomic E-state index is 13.7. The highest BCUT2D eigenvalue weighted by molar-refractivity contribution is 9.10. The fraction of sp³-hybridized carbons (Fsp3) is 0.200. The van der Waals surface area contributed by atoms with Crippen LogP contribution in [0.25, 0.3) is 0 Å². The molecule has 1 unspecified atom stereocenters. The SMILES string of the molecule is CNC(C)c1ccc(Oc2cc(Br)cc(F)c2F)cc1Br. The van der Waals surface area contributed by atoms with Gasteiger partial charge in [0, 0.05) is 15.0 Å². The fourth-order valence-corrected chi connectivity index (χ4v) is 2.92. The van der Waals surface area contributed by atoms with Gasteiger partial charge in [-0.25, -0.2) is 4.39 Å². The fourth-order valence-electron chi connectivity index (χ4n) is 1.81. The minimum Gasteiger partial charge on any atom is -0.454 e. The Balaban J connectivity index is 2.31. The first kappa shape index (κ1) is 16.4. The van der Waals surface area contributed by atoms with Crippen molar-refractivity contribution in [2.75, 3.05) is 7.05 Å².